The maximum Gasteiger partial charge on any atom is 0.223 e. The Morgan fingerprint density at radius 1 is 1.13 bits per heavy atom. The third-order valence-corrected chi connectivity index (χ3v) is 6.40. The molecule has 0 saturated carbocycles. The van der Waals surface area contributed by atoms with Crippen molar-refractivity contribution in [1.82, 2.24) is 20.3 Å². The minimum Gasteiger partial charge on any atom is -0.467 e. The van der Waals surface area contributed by atoms with Crippen molar-refractivity contribution in [2.45, 2.75) is 19.4 Å². The number of pyridine rings is 2. The summed E-state index contributed by atoms with van der Waals surface area (Å²) >= 11 is 1.61. The quantitative estimate of drug-likeness (QED) is 0.529. The number of furan rings is 1. The van der Waals surface area contributed by atoms with E-state index in [1.54, 1.807) is 30.0 Å². The van der Waals surface area contributed by atoms with E-state index in [-0.39, 0.29) is 11.8 Å². The molecule has 0 aliphatic carbocycles. The van der Waals surface area contributed by atoms with Gasteiger partial charge in [-0.05, 0) is 49.2 Å². The second-order valence-corrected chi connectivity index (χ2v) is 8.27. The molecule has 4 aromatic rings. The molecule has 1 saturated heterocycles. The summed E-state index contributed by atoms with van der Waals surface area (Å²) in [6.07, 6.45) is 6.79. The van der Waals surface area contributed by atoms with Gasteiger partial charge in [-0.1, -0.05) is 11.3 Å². The number of fused-ring (bicyclic) bond motifs is 1. The molecule has 7 nitrogen and oxygen atoms in total. The number of piperidine rings is 1. The summed E-state index contributed by atoms with van der Waals surface area (Å²) in [5.41, 5.74) is 2.88. The summed E-state index contributed by atoms with van der Waals surface area (Å²) in [5.74, 6) is 0.898. The zero-order valence-electron chi connectivity index (χ0n) is 16.3. The molecule has 152 valence electrons. The van der Waals surface area contributed by atoms with Gasteiger partial charge in [-0.25, -0.2) is 9.97 Å². The molecule has 4 aromatic heterocycles. The summed E-state index contributed by atoms with van der Waals surface area (Å²) in [5, 5.41) is 3.95. The number of thiazole rings is 1. The highest BCUT2D eigenvalue weighted by molar-refractivity contribution is 7.21. The van der Waals surface area contributed by atoms with Gasteiger partial charge in [0.25, 0.3) is 0 Å². The molecule has 1 N–H and O–H groups in total. The number of amides is 1. The van der Waals surface area contributed by atoms with E-state index in [0.29, 0.717) is 6.54 Å². The first-order chi connectivity index (χ1) is 14.8. The molecule has 1 amide bonds. The number of anilines is 1. The Labute approximate surface area is 177 Å². The fraction of sp³-hybridized carbons (Fsp3) is 0.273. The van der Waals surface area contributed by atoms with Gasteiger partial charge < -0.3 is 14.6 Å². The number of carbonyl (C=O) groups excluding carboxylic acids is 1. The summed E-state index contributed by atoms with van der Waals surface area (Å²) in [7, 11) is 0. The molecule has 5 rings (SSSR count). The summed E-state index contributed by atoms with van der Waals surface area (Å²) < 4.78 is 5.27. The fourth-order valence-corrected chi connectivity index (χ4v) is 4.68. The van der Waals surface area contributed by atoms with E-state index in [1.165, 1.54) is 0 Å². The Kier molecular flexibility index (Phi) is 5.15. The van der Waals surface area contributed by atoms with Crippen LogP contribution in [0.4, 0.5) is 5.13 Å². The predicted octanol–water partition coefficient (Wildman–Crippen LogP) is 3.88. The van der Waals surface area contributed by atoms with E-state index in [0.717, 1.165) is 58.4 Å². The van der Waals surface area contributed by atoms with E-state index in [2.05, 4.69) is 15.2 Å². The first-order valence-corrected chi connectivity index (χ1v) is 10.8. The van der Waals surface area contributed by atoms with Crippen LogP contribution in [0.2, 0.25) is 0 Å². The summed E-state index contributed by atoms with van der Waals surface area (Å²) in [4.78, 5) is 29.3. The molecule has 0 spiro atoms. The number of aromatic nitrogens is 3. The number of nitrogens with one attached hydrogen (secondary N) is 1. The summed E-state index contributed by atoms with van der Waals surface area (Å²) in [6, 6.07) is 11.6. The lowest BCUT2D eigenvalue weighted by Crippen LogP contribution is -2.40. The van der Waals surface area contributed by atoms with Crippen LogP contribution >= 0.6 is 11.3 Å². The largest absolute Gasteiger partial charge is 0.467 e. The smallest absolute Gasteiger partial charge is 0.223 e. The van der Waals surface area contributed by atoms with Gasteiger partial charge in [0, 0.05) is 37.0 Å². The lowest BCUT2D eigenvalue weighted by atomic mass is 9.96. The number of hydrogen-bond donors (Lipinski definition) is 1. The second kappa shape index (κ2) is 8.23. The highest BCUT2D eigenvalue weighted by Gasteiger charge is 2.26. The van der Waals surface area contributed by atoms with Gasteiger partial charge in [-0.15, -0.1) is 0 Å². The van der Waals surface area contributed by atoms with Crippen LogP contribution in [-0.2, 0) is 11.3 Å². The van der Waals surface area contributed by atoms with Crippen LogP contribution < -0.4 is 10.2 Å². The van der Waals surface area contributed by atoms with Crippen LogP contribution in [0.25, 0.3) is 21.6 Å². The number of nitrogens with zero attached hydrogens (tertiary/aromatic N) is 4. The zero-order chi connectivity index (χ0) is 20.3. The Balaban J connectivity index is 1.23. The van der Waals surface area contributed by atoms with Crippen molar-refractivity contribution in [2.24, 2.45) is 5.92 Å². The van der Waals surface area contributed by atoms with E-state index in [4.69, 9.17) is 14.4 Å². The van der Waals surface area contributed by atoms with Crippen LogP contribution in [0, 0.1) is 5.92 Å². The topological polar surface area (TPSA) is 84.2 Å². The third-order valence-electron chi connectivity index (χ3n) is 5.37. The van der Waals surface area contributed by atoms with Crippen LogP contribution in [0.5, 0.6) is 0 Å². The molecule has 0 bridgehead atoms. The highest BCUT2D eigenvalue weighted by atomic mass is 32.1. The molecule has 1 fully saturated rings. The van der Waals surface area contributed by atoms with Gasteiger partial charge in [0.1, 0.15) is 16.1 Å². The van der Waals surface area contributed by atoms with Gasteiger partial charge in [0.2, 0.25) is 5.91 Å². The van der Waals surface area contributed by atoms with Crippen LogP contribution in [0.3, 0.4) is 0 Å². The first-order valence-electron chi connectivity index (χ1n) is 9.99. The van der Waals surface area contributed by atoms with Crippen molar-refractivity contribution >= 4 is 32.7 Å². The number of rotatable bonds is 5. The molecule has 0 atom stereocenters. The highest BCUT2D eigenvalue weighted by Crippen LogP contribution is 2.32. The fourth-order valence-electron chi connectivity index (χ4n) is 3.69. The predicted molar refractivity (Wildman–Crippen MR) is 116 cm³/mol. The van der Waals surface area contributed by atoms with Gasteiger partial charge in [0.05, 0.1) is 18.5 Å². The van der Waals surface area contributed by atoms with E-state index < -0.39 is 0 Å². The number of hydrogen-bond acceptors (Lipinski definition) is 7. The van der Waals surface area contributed by atoms with E-state index >= 15 is 0 Å². The Morgan fingerprint density at radius 2 is 1.97 bits per heavy atom. The average Bonchev–Trinajstić information content (AvgIpc) is 3.47. The van der Waals surface area contributed by atoms with Crippen molar-refractivity contribution in [2.75, 3.05) is 18.0 Å². The Hall–Kier alpha value is -3.26. The van der Waals surface area contributed by atoms with Crippen molar-refractivity contribution in [3.8, 4) is 11.3 Å². The van der Waals surface area contributed by atoms with Crippen molar-refractivity contribution in [1.29, 1.82) is 0 Å². The monoisotopic (exact) mass is 419 g/mol. The minimum absolute atomic E-state index is 0.0296. The van der Waals surface area contributed by atoms with Gasteiger partial charge in [-0.3, -0.25) is 9.78 Å². The van der Waals surface area contributed by atoms with E-state index in [9.17, 15) is 4.79 Å². The van der Waals surface area contributed by atoms with Gasteiger partial charge in [-0.2, -0.15) is 0 Å². The lowest BCUT2D eigenvalue weighted by molar-refractivity contribution is -0.125. The molecule has 5 heterocycles. The van der Waals surface area contributed by atoms with Crippen molar-refractivity contribution in [3.63, 3.8) is 0 Å². The van der Waals surface area contributed by atoms with E-state index in [1.807, 2.05) is 36.4 Å². The molecule has 1 aliphatic rings. The average molecular weight is 420 g/mol. The molecule has 0 radical (unpaired) electrons. The Morgan fingerprint density at radius 3 is 2.73 bits per heavy atom. The molecule has 0 aromatic carbocycles. The zero-order valence-corrected chi connectivity index (χ0v) is 17.1. The van der Waals surface area contributed by atoms with Crippen LogP contribution in [0.15, 0.2) is 59.5 Å². The molecular formula is C22H21N5O2S. The number of carbonyl (C=O) groups is 1. The first kappa shape index (κ1) is 18.7. The maximum atomic E-state index is 12.5. The standard InChI is InChI=1S/C22H21N5O2S/c28-20(24-14-17-2-1-13-29-17)16-7-11-27(12-8-16)22-26-19-4-3-18(25-21(19)30-22)15-5-9-23-10-6-15/h1-6,9-10,13,16H,7-8,11-12,14H2,(H,24,28). The normalized spacial score (nSPS) is 14.9. The second-order valence-electron chi connectivity index (χ2n) is 7.31. The molecule has 8 heteroatoms. The molecule has 0 unspecified atom stereocenters. The van der Waals surface area contributed by atoms with Crippen LogP contribution in [-0.4, -0.2) is 33.9 Å². The van der Waals surface area contributed by atoms with Gasteiger partial charge >= 0.3 is 0 Å². The minimum atomic E-state index is 0.0296. The lowest BCUT2D eigenvalue weighted by Gasteiger charge is -2.30. The van der Waals surface area contributed by atoms with Crippen molar-refractivity contribution in [3.05, 3.63) is 60.8 Å². The SMILES string of the molecule is O=C(NCc1ccco1)C1CCN(c2nc3ccc(-c4ccncc4)nc3s2)CC1. The Bertz CT molecular complexity index is 1140. The van der Waals surface area contributed by atoms with Crippen LogP contribution in [0.1, 0.15) is 18.6 Å². The van der Waals surface area contributed by atoms with Gasteiger partial charge in [0.15, 0.2) is 5.13 Å². The molecular weight excluding hydrogens is 398 g/mol. The third kappa shape index (κ3) is 3.91. The summed E-state index contributed by atoms with van der Waals surface area (Å²) in [6.45, 7) is 2.07. The molecule has 1 aliphatic heterocycles. The van der Waals surface area contributed by atoms with Crippen molar-refractivity contribution < 1.29 is 9.21 Å². The molecule has 30 heavy (non-hydrogen) atoms. The maximum absolute atomic E-state index is 12.5.